The number of nitrogens with zero attached hydrogens (tertiary/aromatic N) is 1. The number of rotatable bonds is 2. The van der Waals surface area contributed by atoms with Gasteiger partial charge in [0.2, 0.25) is 0 Å². The summed E-state index contributed by atoms with van der Waals surface area (Å²) in [5.74, 6) is -0.511. The van der Waals surface area contributed by atoms with Gasteiger partial charge in [-0.15, -0.1) is 21.9 Å². The Labute approximate surface area is 154 Å². The lowest BCUT2D eigenvalue weighted by Gasteiger charge is -2.27. The summed E-state index contributed by atoms with van der Waals surface area (Å²) in [6.07, 6.45) is 1.41. The lowest BCUT2D eigenvalue weighted by Crippen LogP contribution is -2.31. The Hall–Kier alpha value is -2.52. The van der Waals surface area contributed by atoms with E-state index in [2.05, 4.69) is 5.32 Å². The van der Waals surface area contributed by atoms with Crippen LogP contribution in [0.15, 0.2) is 35.7 Å². The van der Waals surface area contributed by atoms with Crippen LogP contribution >= 0.6 is 17.0 Å². The minimum atomic E-state index is -0.142. The van der Waals surface area contributed by atoms with E-state index in [0.29, 0.717) is 6.42 Å². The van der Waals surface area contributed by atoms with Crippen LogP contribution in [-0.4, -0.2) is 32.2 Å². The second kappa shape index (κ2) is 9.09. The summed E-state index contributed by atoms with van der Waals surface area (Å²) in [4.78, 5) is 8.11. The third kappa shape index (κ3) is 4.97. The number of hydrogen-bond acceptors (Lipinski definition) is 7. The second-order valence-corrected chi connectivity index (χ2v) is 5.41. The van der Waals surface area contributed by atoms with E-state index in [4.69, 9.17) is 10.1 Å². The van der Waals surface area contributed by atoms with Crippen molar-refractivity contribution in [2.75, 3.05) is 6.54 Å². The van der Waals surface area contributed by atoms with Gasteiger partial charge >= 0.3 is 0 Å². The van der Waals surface area contributed by atoms with E-state index >= 15 is 0 Å². The summed E-state index contributed by atoms with van der Waals surface area (Å²) >= 11 is 0. The molecular formula is C16H19BrN2O6. The number of phenolic OH excluding ortho intramolecular Hbond substituents is 4. The van der Waals surface area contributed by atoms with Crippen LogP contribution in [0.1, 0.15) is 22.7 Å². The summed E-state index contributed by atoms with van der Waals surface area (Å²) in [6.45, 7) is 0.784. The zero-order valence-corrected chi connectivity index (χ0v) is 14.8. The van der Waals surface area contributed by atoms with Gasteiger partial charge in [-0.3, -0.25) is 0 Å². The number of halogens is 1. The van der Waals surface area contributed by atoms with E-state index in [9.17, 15) is 20.4 Å². The molecule has 0 spiro atoms. The molecule has 0 aromatic heterocycles. The molecule has 0 bridgehead atoms. The van der Waals surface area contributed by atoms with Crippen molar-refractivity contribution in [3.8, 4) is 23.0 Å². The molecule has 9 heteroatoms. The Kier molecular flexibility index (Phi) is 7.46. The molecule has 1 aliphatic heterocycles. The molecule has 1 unspecified atom stereocenters. The first-order chi connectivity index (χ1) is 11.5. The van der Waals surface area contributed by atoms with Crippen LogP contribution < -0.4 is 5.32 Å². The Morgan fingerprint density at radius 2 is 1.60 bits per heavy atom. The minimum absolute atomic E-state index is 0. The van der Waals surface area contributed by atoms with Crippen molar-refractivity contribution in [1.29, 1.82) is 0 Å². The quantitative estimate of drug-likeness (QED) is 0.252. The molecule has 1 aliphatic rings. The molecule has 0 radical (unpaired) electrons. The molecule has 1 heterocycles. The lowest BCUT2D eigenvalue weighted by atomic mass is 9.90. The summed E-state index contributed by atoms with van der Waals surface area (Å²) < 4.78 is 0. The van der Waals surface area contributed by atoms with Crippen LogP contribution in [-0.2, 0) is 12.8 Å². The van der Waals surface area contributed by atoms with Crippen LogP contribution in [0, 0.1) is 4.91 Å². The van der Waals surface area contributed by atoms with Gasteiger partial charge in [0.15, 0.2) is 28.3 Å². The summed E-state index contributed by atoms with van der Waals surface area (Å²) in [5.41, 5.74) is 2.84. The number of nitrogens with one attached hydrogen (secondary N) is 1. The largest absolute Gasteiger partial charge is 0.504 e. The first-order valence-electron chi connectivity index (χ1n) is 7.22. The maximum atomic E-state index is 9.69. The van der Waals surface area contributed by atoms with Crippen LogP contribution in [0.4, 0.5) is 0 Å². The van der Waals surface area contributed by atoms with Crippen molar-refractivity contribution in [3.63, 3.8) is 0 Å². The zero-order valence-electron chi connectivity index (χ0n) is 13.1. The molecule has 6 N–H and O–H groups in total. The molecule has 0 aliphatic carbocycles. The normalized spacial score (nSPS) is 15.1. The zero-order chi connectivity index (χ0) is 17.7. The Morgan fingerprint density at radius 1 is 1.00 bits per heavy atom. The average molecular weight is 415 g/mol. The van der Waals surface area contributed by atoms with Crippen LogP contribution in [0.25, 0.3) is 0 Å². The molecule has 0 amide bonds. The fourth-order valence-corrected chi connectivity index (χ4v) is 2.78. The van der Waals surface area contributed by atoms with Gasteiger partial charge in [-0.05, 0) is 60.3 Å². The van der Waals surface area contributed by atoms with Gasteiger partial charge in [-0.25, -0.2) is 0 Å². The number of benzene rings is 2. The van der Waals surface area contributed by atoms with Crippen molar-refractivity contribution >= 4 is 17.0 Å². The highest BCUT2D eigenvalue weighted by atomic mass is 79.9. The number of aromatic hydroxyl groups is 4. The lowest BCUT2D eigenvalue weighted by molar-refractivity contribution is 0.312. The van der Waals surface area contributed by atoms with Crippen LogP contribution in [0.5, 0.6) is 23.0 Å². The smallest absolute Gasteiger partial charge is 0.157 e. The van der Waals surface area contributed by atoms with Crippen molar-refractivity contribution in [2.45, 2.75) is 18.9 Å². The molecule has 0 saturated carbocycles. The molecule has 0 saturated heterocycles. The molecule has 1 atom stereocenters. The van der Waals surface area contributed by atoms with Crippen molar-refractivity contribution < 1.29 is 25.6 Å². The molecular weight excluding hydrogens is 396 g/mol. The van der Waals surface area contributed by atoms with Gasteiger partial charge in [0.25, 0.3) is 0 Å². The topological polar surface area (TPSA) is 143 Å². The monoisotopic (exact) mass is 414 g/mol. The van der Waals surface area contributed by atoms with Crippen molar-refractivity contribution in [2.24, 2.45) is 5.34 Å². The molecule has 8 nitrogen and oxygen atoms in total. The van der Waals surface area contributed by atoms with E-state index in [0.717, 1.165) is 29.7 Å². The van der Waals surface area contributed by atoms with Gasteiger partial charge in [-0.1, -0.05) is 6.07 Å². The maximum absolute atomic E-state index is 9.69. The van der Waals surface area contributed by atoms with Gasteiger partial charge in [0.1, 0.15) is 0 Å². The Balaban J connectivity index is 0.000000730. The Morgan fingerprint density at radius 3 is 2.24 bits per heavy atom. The first kappa shape index (κ1) is 20.5. The van der Waals surface area contributed by atoms with E-state index in [1.165, 1.54) is 17.5 Å². The summed E-state index contributed by atoms with van der Waals surface area (Å²) in [6, 6.07) is 7.93. The first-order valence-corrected chi connectivity index (χ1v) is 7.22. The molecule has 25 heavy (non-hydrogen) atoms. The van der Waals surface area contributed by atoms with Crippen LogP contribution in [0.3, 0.4) is 0 Å². The third-order valence-electron chi connectivity index (χ3n) is 3.88. The van der Waals surface area contributed by atoms with Gasteiger partial charge < -0.3 is 31.0 Å². The van der Waals surface area contributed by atoms with E-state index in [1.807, 2.05) is 0 Å². The van der Waals surface area contributed by atoms with Gasteiger partial charge in [0.05, 0.1) is 0 Å². The van der Waals surface area contributed by atoms with E-state index in [-0.39, 0.29) is 46.0 Å². The fraction of sp³-hybridized carbons (Fsp3) is 0.250. The number of fused-ring (bicyclic) bond motifs is 1. The molecule has 136 valence electrons. The van der Waals surface area contributed by atoms with E-state index < -0.39 is 0 Å². The SMILES string of the molecule is Br.O=NO.Oc1ccc(CC2NCCc3cc(O)c(O)cc32)cc1O. The molecule has 0 fully saturated rings. The maximum Gasteiger partial charge on any atom is 0.157 e. The van der Waals surface area contributed by atoms with Gasteiger partial charge in [0, 0.05) is 6.04 Å². The minimum Gasteiger partial charge on any atom is -0.504 e. The Bertz CT molecular complexity index is 741. The second-order valence-electron chi connectivity index (χ2n) is 5.41. The highest BCUT2D eigenvalue weighted by Crippen LogP contribution is 2.35. The third-order valence-corrected chi connectivity index (χ3v) is 3.88. The predicted octanol–water partition coefficient (Wildman–Crippen LogP) is 2.66. The van der Waals surface area contributed by atoms with Crippen LogP contribution in [0.2, 0.25) is 0 Å². The highest BCUT2D eigenvalue weighted by Gasteiger charge is 2.22. The standard InChI is InChI=1S/C16H17NO4.BrH.HNO2/c18-13-2-1-9(6-14(13)19)5-12-11-8-16(21)15(20)7-10(11)3-4-17-12;;2-1-3/h1-2,6-8,12,17-21H,3-5H2;1H;(H,2,3). The predicted molar refractivity (Wildman–Crippen MR) is 95.6 cm³/mol. The average Bonchev–Trinajstić information content (AvgIpc) is 2.54. The number of phenols is 4. The van der Waals surface area contributed by atoms with Gasteiger partial charge in [-0.2, -0.15) is 0 Å². The fourth-order valence-electron chi connectivity index (χ4n) is 2.78. The van der Waals surface area contributed by atoms with Crippen molar-refractivity contribution in [1.82, 2.24) is 5.32 Å². The summed E-state index contributed by atoms with van der Waals surface area (Å²) in [7, 11) is 0. The highest BCUT2D eigenvalue weighted by molar-refractivity contribution is 8.93. The van der Waals surface area contributed by atoms with E-state index in [1.54, 1.807) is 18.2 Å². The molecule has 2 aromatic carbocycles. The molecule has 3 rings (SSSR count). The summed E-state index contributed by atoms with van der Waals surface area (Å²) in [5, 5.41) is 49.4. The number of hydrogen-bond donors (Lipinski definition) is 6. The molecule has 2 aromatic rings. The van der Waals surface area contributed by atoms with Crippen molar-refractivity contribution in [3.05, 3.63) is 51.9 Å².